The Kier molecular flexibility index (Phi) is 5.95. The second kappa shape index (κ2) is 7.24. The molecule has 1 aliphatic rings. The predicted octanol–water partition coefficient (Wildman–Crippen LogP) is 2.07. The van der Waals surface area contributed by atoms with Crippen LogP contribution >= 0.6 is 0 Å². The fourth-order valence-electron chi connectivity index (χ4n) is 2.25. The highest BCUT2D eigenvalue weighted by atomic mass is 16.4. The number of urea groups is 1. The van der Waals surface area contributed by atoms with Crippen molar-refractivity contribution in [2.24, 2.45) is 5.92 Å². The van der Waals surface area contributed by atoms with Crippen LogP contribution in [0.25, 0.3) is 0 Å². The summed E-state index contributed by atoms with van der Waals surface area (Å²) in [5.41, 5.74) is 0. The zero-order chi connectivity index (χ0) is 13.5. The van der Waals surface area contributed by atoms with Gasteiger partial charge in [0.25, 0.3) is 0 Å². The fourth-order valence-corrected chi connectivity index (χ4v) is 2.25. The highest BCUT2D eigenvalue weighted by Crippen LogP contribution is 2.16. The van der Waals surface area contributed by atoms with Crippen molar-refractivity contribution in [2.45, 2.75) is 52.0 Å². The zero-order valence-corrected chi connectivity index (χ0v) is 11.3. The molecule has 1 saturated heterocycles. The lowest BCUT2D eigenvalue weighted by molar-refractivity contribution is -0.143. The number of carbonyl (C=O) groups excluding carboxylic acids is 1. The van der Waals surface area contributed by atoms with Crippen LogP contribution in [0.2, 0.25) is 0 Å². The van der Waals surface area contributed by atoms with Crippen molar-refractivity contribution >= 4 is 12.0 Å². The lowest BCUT2D eigenvalue weighted by Crippen LogP contribution is -2.49. The van der Waals surface area contributed by atoms with Crippen LogP contribution in [0.4, 0.5) is 4.79 Å². The molecule has 5 nitrogen and oxygen atoms in total. The topological polar surface area (TPSA) is 69.6 Å². The van der Waals surface area contributed by atoms with Crippen LogP contribution in [-0.4, -0.2) is 41.1 Å². The van der Waals surface area contributed by atoms with Crippen molar-refractivity contribution in [1.82, 2.24) is 10.2 Å². The van der Waals surface area contributed by atoms with E-state index in [9.17, 15) is 9.59 Å². The molecule has 0 aromatic heterocycles. The number of nitrogens with zero attached hydrogens (tertiary/aromatic N) is 1. The van der Waals surface area contributed by atoms with Gasteiger partial charge in [-0.15, -0.1) is 0 Å². The number of piperidine rings is 1. The minimum Gasteiger partial charge on any atom is -0.481 e. The summed E-state index contributed by atoms with van der Waals surface area (Å²) in [6.07, 6.45) is 4.63. The van der Waals surface area contributed by atoms with Crippen molar-refractivity contribution in [1.29, 1.82) is 0 Å². The van der Waals surface area contributed by atoms with Crippen LogP contribution in [0.15, 0.2) is 0 Å². The first-order chi connectivity index (χ1) is 8.54. The monoisotopic (exact) mass is 256 g/mol. The molecule has 0 radical (unpaired) electrons. The molecule has 0 aliphatic carbocycles. The van der Waals surface area contributed by atoms with Gasteiger partial charge in [0.15, 0.2) is 0 Å². The van der Waals surface area contributed by atoms with E-state index in [1.165, 1.54) is 0 Å². The Hall–Kier alpha value is -1.26. The van der Waals surface area contributed by atoms with Gasteiger partial charge < -0.3 is 15.3 Å². The molecule has 104 valence electrons. The second-order valence-corrected chi connectivity index (χ2v) is 5.12. The minimum atomic E-state index is -0.800. The van der Waals surface area contributed by atoms with Crippen molar-refractivity contribution in [3.8, 4) is 0 Å². The highest BCUT2D eigenvalue weighted by Gasteiger charge is 2.28. The van der Waals surface area contributed by atoms with E-state index in [0.717, 1.165) is 25.7 Å². The Bertz CT molecular complexity index is 294. The second-order valence-electron chi connectivity index (χ2n) is 5.12. The molecule has 0 spiro atoms. The molecule has 2 N–H and O–H groups in total. The van der Waals surface area contributed by atoms with Crippen molar-refractivity contribution in [3.05, 3.63) is 0 Å². The lowest BCUT2D eigenvalue weighted by atomic mass is 9.99. The van der Waals surface area contributed by atoms with Gasteiger partial charge in [-0.05, 0) is 26.2 Å². The van der Waals surface area contributed by atoms with Crippen LogP contribution in [0.3, 0.4) is 0 Å². The lowest BCUT2D eigenvalue weighted by Gasteiger charge is -2.31. The number of unbranched alkanes of at least 4 members (excludes halogenated alkanes) is 1. The maximum atomic E-state index is 12.0. The number of nitrogens with one attached hydrogen (secondary N) is 1. The fraction of sp³-hybridized carbons (Fsp3) is 0.846. The van der Waals surface area contributed by atoms with Crippen LogP contribution in [0, 0.1) is 5.92 Å². The Morgan fingerprint density at radius 3 is 2.83 bits per heavy atom. The molecule has 5 heteroatoms. The molecule has 1 heterocycles. The standard InChI is InChI=1S/C13H24N2O3/c1-3-4-6-10(2)14-13(18)15-8-5-7-11(9-15)12(16)17/h10-11H,3-9H2,1-2H3,(H,14,18)(H,16,17)/t10?,11-/m1/s1. The van der Waals surface area contributed by atoms with Gasteiger partial charge in [-0.2, -0.15) is 0 Å². The molecule has 1 rings (SSSR count). The number of hydrogen-bond acceptors (Lipinski definition) is 2. The first kappa shape index (κ1) is 14.8. The molecular weight excluding hydrogens is 232 g/mol. The van der Waals surface area contributed by atoms with E-state index in [4.69, 9.17) is 5.11 Å². The van der Waals surface area contributed by atoms with Gasteiger partial charge in [-0.1, -0.05) is 19.8 Å². The van der Waals surface area contributed by atoms with Crippen molar-refractivity contribution < 1.29 is 14.7 Å². The molecule has 0 aromatic rings. The van der Waals surface area contributed by atoms with Crippen LogP contribution < -0.4 is 5.32 Å². The van der Waals surface area contributed by atoms with Gasteiger partial charge in [-0.3, -0.25) is 4.79 Å². The van der Waals surface area contributed by atoms with Gasteiger partial charge >= 0.3 is 12.0 Å². The smallest absolute Gasteiger partial charge is 0.317 e. The molecule has 18 heavy (non-hydrogen) atoms. The minimum absolute atomic E-state index is 0.121. The average Bonchev–Trinajstić information content (AvgIpc) is 2.36. The maximum absolute atomic E-state index is 12.0. The van der Waals surface area contributed by atoms with E-state index < -0.39 is 11.9 Å². The Balaban J connectivity index is 2.38. The van der Waals surface area contributed by atoms with Gasteiger partial charge in [0.2, 0.25) is 0 Å². The van der Waals surface area contributed by atoms with Crippen molar-refractivity contribution in [3.63, 3.8) is 0 Å². The molecule has 2 amide bonds. The Labute approximate surface area is 109 Å². The van der Waals surface area contributed by atoms with E-state index >= 15 is 0 Å². The summed E-state index contributed by atoms with van der Waals surface area (Å²) in [7, 11) is 0. The number of likely N-dealkylation sites (tertiary alicyclic amines) is 1. The number of amides is 2. The van der Waals surface area contributed by atoms with E-state index in [-0.39, 0.29) is 12.1 Å². The predicted molar refractivity (Wildman–Crippen MR) is 69.5 cm³/mol. The summed E-state index contributed by atoms with van der Waals surface area (Å²) in [6.45, 7) is 5.11. The third-order valence-corrected chi connectivity index (χ3v) is 3.42. The highest BCUT2D eigenvalue weighted by molar-refractivity contribution is 5.76. The Morgan fingerprint density at radius 2 is 2.22 bits per heavy atom. The molecule has 0 saturated carbocycles. The number of hydrogen-bond donors (Lipinski definition) is 2. The summed E-state index contributed by atoms with van der Waals surface area (Å²) in [5.74, 6) is -1.21. The summed E-state index contributed by atoms with van der Waals surface area (Å²) >= 11 is 0. The van der Waals surface area contributed by atoms with Crippen LogP contribution in [-0.2, 0) is 4.79 Å². The summed E-state index contributed by atoms with van der Waals surface area (Å²) in [5, 5.41) is 11.9. The average molecular weight is 256 g/mol. The Morgan fingerprint density at radius 1 is 1.50 bits per heavy atom. The summed E-state index contributed by atoms with van der Waals surface area (Å²) in [6, 6.07) is 0.0345. The maximum Gasteiger partial charge on any atom is 0.317 e. The zero-order valence-electron chi connectivity index (χ0n) is 11.3. The largest absolute Gasteiger partial charge is 0.481 e. The molecule has 0 aromatic carbocycles. The van der Waals surface area contributed by atoms with Crippen LogP contribution in [0.5, 0.6) is 0 Å². The number of carboxylic acids is 1. The quantitative estimate of drug-likeness (QED) is 0.791. The number of aliphatic carboxylic acids is 1. The molecule has 2 atom stereocenters. The van der Waals surface area contributed by atoms with E-state index in [2.05, 4.69) is 12.2 Å². The normalized spacial score (nSPS) is 21.4. The third kappa shape index (κ3) is 4.55. The molecule has 1 fully saturated rings. The van der Waals surface area contributed by atoms with E-state index in [1.54, 1.807) is 4.90 Å². The van der Waals surface area contributed by atoms with E-state index in [0.29, 0.717) is 19.5 Å². The third-order valence-electron chi connectivity index (χ3n) is 3.42. The number of rotatable bonds is 5. The first-order valence-corrected chi connectivity index (χ1v) is 6.82. The molecule has 1 aliphatic heterocycles. The van der Waals surface area contributed by atoms with Gasteiger partial charge in [-0.25, -0.2) is 4.79 Å². The number of carboxylic acid groups (broad SMARTS) is 1. The SMILES string of the molecule is CCCCC(C)NC(=O)N1CCC[C@@H](C(=O)O)C1. The number of carbonyl (C=O) groups is 2. The van der Waals surface area contributed by atoms with Gasteiger partial charge in [0.05, 0.1) is 5.92 Å². The van der Waals surface area contributed by atoms with Gasteiger partial charge in [0.1, 0.15) is 0 Å². The van der Waals surface area contributed by atoms with Crippen molar-refractivity contribution in [2.75, 3.05) is 13.1 Å². The molecule has 0 bridgehead atoms. The van der Waals surface area contributed by atoms with E-state index in [1.807, 2.05) is 6.92 Å². The van der Waals surface area contributed by atoms with Gasteiger partial charge in [0, 0.05) is 19.1 Å². The molecule has 1 unspecified atom stereocenters. The first-order valence-electron chi connectivity index (χ1n) is 6.82. The van der Waals surface area contributed by atoms with Crippen LogP contribution in [0.1, 0.15) is 46.0 Å². The summed E-state index contributed by atoms with van der Waals surface area (Å²) in [4.78, 5) is 24.5. The summed E-state index contributed by atoms with van der Waals surface area (Å²) < 4.78 is 0. The molecular formula is C13H24N2O3.